The van der Waals surface area contributed by atoms with Crippen LogP contribution in [0.25, 0.3) is 0 Å². The molecule has 152 valence electrons. The molecule has 0 aliphatic heterocycles. The summed E-state index contributed by atoms with van der Waals surface area (Å²) in [6.07, 6.45) is 6.06. The highest BCUT2D eigenvalue weighted by atomic mass is 19.3. The van der Waals surface area contributed by atoms with Crippen molar-refractivity contribution in [3.8, 4) is 11.8 Å². The molecule has 3 N–H and O–H groups in total. The van der Waals surface area contributed by atoms with Crippen molar-refractivity contribution >= 4 is 11.4 Å². The zero-order chi connectivity index (χ0) is 21.3. The monoisotopic (exact) mass is 408 g/mol. The normalized spacial score (nSPS) is 15.5. The van der Waals surface area contributed by atoms with Crippen LogP contribution in [-0.4, -0.2) is 20.5 Å². The van der Waals surface area contributed by atoms with Crippen LogP contribution in [0.4, 0.5) is 14.5 Å². The highest BCUT2D eigenvalue weighted by Gasteiger charge is 2.24. The zero-order valence-corrected chi connectivity index (χ0v) is 15.8. The lowest BCUT2D eigenvalue weighted by atomic mass is 9.92. The Bertz CT molecular complexity index is 1150. The number of nitriles is 1. The number of benzene rings is 1. The maximum atomic E-state index is 12.8. The van der Waals surface area contributed by atoms with Crippen LogP contribution in [0, 0.1) is 16.7 Å². The van der Waals surface area contributed by atoms with Gasteiger partial charge in [0.05, 0.1) is 23.2 Å². The number of hydrogen-bond acceptors (Lipinski definition) is 6. The van der Waals surface area contributed by atoms with E-state index in [0.29, 0.717) is 27.2 Å². The molecule has 7 nitrogen and oxygen atoms in total. The maximum absolute atomic E-state index is 12.8. The molecule has 0 amide bonds. The number of hydrogen-bond donors (Lipinski definition) is 2. The molecule has 4 rings (SSSR count). The number of fused-ring (bicyclic) bond motifs is 1. The summed E-state index contributed by atoms with van der Waals surface area (Å²) < 4.78 is 32.2. The molecule has 0 saturated heterocycles. The van der Waals surface area contributed by atoms with E-state index in [0.717, 1.165) is 36.7 Å². The number of nitrogens with two attached hydrogens (primary N) is 1. The van der Waals surface area contributed by atoms with Crippen molar-refractivity contribution in [3.05, 3.63) is 70.8 Å². The number of aromatic nitrogens is 3. The summed E-state index contributed by atoms with van der Waals surface area (Å²) in [6, 6.07) is 8.87. The topological polar surface area (TPSA) is 114 Å². The fraction of sp³-hybridized carbons (Fsp3) is 0.238. The zero-order valence-electron chi connectivity index (χ0n) is 15.8. The lowest BCUT2D eigenvalue weighted by Gasteiger charge is -2.25. The Morgan fingerprint density at radius 3 is 2.90 bits per heavy atom. The van der Waals surface area contributed by atoms with Crippen LogP contribution in [0.2, 0.25) is 0 Å². The van der Waals surface area contributed by atoms with Gasteiger partial charge in [0.25, 0.3) is 0 Å². The van der Waals surface area contributed by atoms with Crippen LogP contribution < -0.4 is 10.5 Å². The molecule has 30 heavy (non-hydrogen) atoms. The van der Waals surface area contributed by atoms with Crippen molar-refractivity contribution in [2.45, 2.75) is 31.9 Å². The summed E-state index contributed by atoms with van der Waals surface area (Å²) in [6.45, 7) is -2.78. The fourth-order valence-electron chi connectivity index (χ4n) is 3.52. The largest absolute Gasteiger partial charge is 0.484 e. The standard InChI is InChI=1S/C21H18F2N6O/c22-21(23)29-11-14(10-28-29)19(26)16-7-15(4-5-17(16)25)30-18-3-1-2-13-6-12(8-24)9-27-20(13)18/h4-7,9-11,18,21,26H,1-3,25H2. The first kappa shape index (κ1) is 19.5. The Hall–Kier alpha value is -3.80. The second kappa shape index (κ2) is 7.91. The van der Waals surface area contributed by atoms with E-state index >= 15 is 0 Å². The van der Waals surface area contributed by atoms with Crippen molar-refractivity contribution in [2.24, 2.45) is 0 Å². The van der Waals surface area contributed by atoms with Crippen molar-refractivity contribution in [3.63, 3.8) is 0 Å². The average molecular weight is 408 g/mol. The minimum Gasteiger partial charge on any atom is -0.484 e. The minimum absolute atomic E-state index is 0.0225. The molecule has 3 aromatic rings. The number of aryl methyl sites for hydroxylation is 1. The molecule has 0 radical (unpaired) electrons. The van der Waals surface area contributed by atoms with Crippen LogP contribution in [0.15, 0.2) is 42.9 Å². The smallest absolute Gasteiger partial charge is 0.333 e. The summed E-state index contributed by atoms with van der Waals surface area (Å²) in [4.78, 5) is 4.41. The maximum Gasteiger partial charge on any atom is 0.333 e. The van der Waals surface area contributed by atoms with Gasteiger partial charge in [0.15, 0.2) is 0 Å². The van der Waals surface area contributed by atoms with Gasteiger partial charge in [0.2, 0.25) is 0 Å². The van der Waals surface area contributed by atoms with E-state index in [2.05, 4.69) is 16.2 Å². The van der Waals surface area contributed by atoms with E-state index < -0.39 is 6.55 Å². The van der Waals surface area contributed by atoms with E-state index in [4.69, 9.17) is 21.1 Å². The molecular formula is C21H18F2N6O. The van der Waals surface area contributed by atoms with Crippen LogP contribution in [0.5, 0.6) is 5.75 Å². The average Bonchev–Trinajstić information content (AvgIpc) is 3.25. The van der Waals surface area contributed by atoms with E-state index in [1.165, 1.54) is 12.4 Å². The van der Waals surface area contributed by atoms with Gasteiger partial charge in [-0.1, -0.05) is 0 Å². The molecule has 9 heteroatoms. The number of nitrogens with zero attached hydrogens (tertiary/aromatic N) is 4. The first-order valence-corrected chi connectivity index (χ1v) is 9.33. The second-order valence-electron chi connectivity index (χ2n) is 6.99. The van der Waals surface area contributed by atoms with E-state index in [1.54, 1.807) is 18.2 Å². The van der Waals surface area contributed by atoms with Crippen LogP contribution >= 0.6 is 0 Å². The number of nitrogen functional groups attached to an aromatic ring is 1. The first-order valence-electron chi connectivity index (χ1n) is 9.33. The quantitative estimate of drug-likeness (QED) is 0.489. The molecule has 1 atom stereocenters. The van der Waals surface area contributed by atoms with Gasteiger partial charge in [-0.3, -0.25) is 10.4 Å². The molecule has 1 unspecified atom stereocenters. The number of nitrogens with one attached hydrogen (secondary N) is 1. The van der Waals surface area contributed by atoms with E-state index in [1.807, 2.05) is 6.07 Å². The number of alkyl halides is 2. The molecule has 2 aromatic heterocycles. The van der Waals surface area contributed by atoms with Gasteiger partial charge in [0.1, 0.15) is 17.9 Å². The highest BCUT2D eigenvalue weighted by molar-refractivity contribution is 6.13. The van der Waals surface area contributed by atoms with Gasteiger partial charge < -0.3 is 10.5 Å². The molecule has 0 bridgehead atoms. The number of anilines is 1. The van der Waals surface area contributed by atoms with Gasteiger partial charge in [-0.25, -0.2) is 4.68 Å². The Morgan fingerprint density at radius 2 is 2.17 bits per heavy atom. The Balaban J connectivity index is 1.60. The summed E-state index contributed by atoms with van der Waals surface area (Å²) in [7, 11) is 0. The third-order valence-electron chi connectivity index (χ3n) is 5.01. The van der Waals surface area contributed by atoms with Gasteiger partial charge in [-0.2, -0.15) is 19.1 Å². The molecule has 1 aliphatic rings. The van der Waals surface area contributed by atoms with E-state index in [9.17, 15) is 8.78 Å². The van der Waals surface area contributed by atoms with Crippen molar-refractivity contribution in [2.75, 3.05) is 5.73 Å². The summed E-state index contributed by atoms with van der Waals surface area (Å²) in [5.74, 6) is 0.495. The molecule has 1 aromatic carbocycles. The van der Waals surface area contributed by atoms with Crippen molar-refractivity contribution in [1.82, 2.24) is 14.8 Å². The van der Waals surface area contributed by atoms with Gasteiger partial charge in [0, 0.05) is 29.2 Å². The highest BCUT2D eigenvalue weighted by Crippen LogP contribution is 2.34. The lowest BCUT2D eigenvalue weighted by Crippen LogP contribution is -2.17. The molecule has 2 heterocycles. The summed E-state index contributed by atoms with van der Waals surface area (Å²) >= 11 is 0. The number of rotatable bonds is 5. The van der Waals surface area contributed by atoms with Gasteiger partial charge in [-0.15, -0.1) is 0 Å². The van der Waals surface area contributed by atoms with E-state index in [-0.39, 0.29) is 17.4 Å². The molecule has 1 aliphatic carbocycles. The molecular weight excluding hydrogens is 390 g/mol. The second-order valence-corrected chi connectivity index (χ2v) is 6.99. The SMILES string of the molecule is N#Cc1cnc2c(c1)CCCC2Oc1ccc(N)c(C(=N)c2cnn(C(F)F)c2)c1. The van der Waals surface area contributed by atoms with Crippen molar-refractivity contribution < 1.29 is 13.5 Å². The summed E-state index contributed by atoms with van der Waals surface area (Å²) in [5, 5.41) is 21.0. The molecule has 0 spiro atoms. The van der Waals surface area contributed by atoms with Gasteiger partial charge in [-0.05, 0) is 49.1 Å². The van der Waals surface area contributed by atoms with Crippen molar-refractivity contribution in [1.29, 1.82) is 10.7 Å². The molecule has 0 fully saturated rings. The number of pyridine rings is 1. The Kier molecular flexibility index (Phi) is 5.14. The third-order valence-corrected chi connectivity index (χ3v) is 5.01. The van der Waals surface area contributed by atoms with Crippen LogP contribution in [-0.2, 0) is 6.42 Å². The number of ether oxygens (including phenoxy) is 1. The van der Waals surface area contributed by atoms with Crippen LogP contribution in [0.1, 0.15) is 53.4 Å². The number of halogens is 2. The van der Waals surface area contributed by atoms with Gasteiger partial charge >= 0.3 is 6.55 Å². The molecule has 0 saturated carbocycles. The Labute approximate surface area is 171 Å². The van der Waals surface area contributed by atoms with Crippen LogP contribution in [0.3, 0.4) is 0 Å². The predicted molar refractivity (Wildman–Crippen MR) is 106 cm³/mol. The summed E-state index contributed by atoms with van der Waals surface area (Å²) in [5.41, 5.74) is 9.23. The first-order chi connectivity index (χ1) is 14.5. The Morgan fingerprint density at radius 1 is 1.33 bits per heavy atom. The third kappa shape index (κ3) is 3.72. The minimum atomic E-state index is -2.78. The lowest BCUT2D eigenvalue weighted by molar-refractivity contribution is 0.0566. The predicted octanol–water partition coefficient (Wildman–Crippen LogP) is 4.00. The fourth-order valence-corrected chi connectivity index (χ4v) is 3.52.